The summed E-state index contributed by atoms with van der Waals surface area (Å²) in [4.78, 5) is 25.2. The standard InChI is InChI=1S/C11H18N2O3/c14-7-10(15)9-4-2-6-13(9)11(16)8-3-1-5-12-8/h8-9,12,14H,1-7H2/t8-,9-/m0/s1. The van der Waals surface area contributed by atoms with E-state index in [4.69, 9.17) is 5.11 Å². The van der Waals surface area contributed by atoms with E-state index >= 15 is 0 Å². The van der Waals surface area contributed by atoms with E-state index in [2.05, 4.69) is 5.32 Å². The summed E-state index contributed by atoms with van der Waals surface area (Å²) in [6.07, 6.45) is 3.42. The minimum atomic E-state index is -0.466. The highest BCUT2D eigenvalue weighted by molar-refractivity contribution is 5.92. The minimum Gasteiger partial charge on any atom is -0.389 e. The van der Waals surface area contributed by atoms with Crippen molar-refractivity contribution >= 4 is 11.7 Å². The second-order valence-corrected chi connectivity index (χ2v) is 4.46. The maximum atomic E-state index is 12.1. The number of Topliss-reactive ketones (excluding diaryl/α,β-unsaturated/α-hetero) is 1. The molecule has 0 unspecified atom stereocenters. The van der Waals surface area contributed by atoms with Crippen LogP contribution in [0.15, 0.2) is 0 Å². The van der Waals surface area contributed by atoms with Crippen LogP contribution < -0.4 is 5.32 Å². The Bertz CT molecular complexity index is 287. The summed E-state index contributed by atoms with van der Waals surface area (Å²) in [5.74, 6) is -0.203. The SMILES string of the molecule is O=C(CO)[C@@H]1CCCN1C(=O)[C@@H]1CCCN1. The van der Waals surface area contributed by atoms with Crippen LogP contribution in [0, 0.1) is 0 Å². The molecule has 0 aromatic carbocycles. The third kappa shape index (κ3) is 2.10. The van der Waals surface area contributed by atoms with Gasteiger partial charge in [-0.05, 0) is 32.2 Å². The van der Waals surface area contributed by atoms with Crippen LogP contribution in [0.25, 0.3) is 0 Å². The molecular weight excluding hydrogens is 208 g/mol. The highest BCUT2D eigenvalue weighted by atomic mass is 16.3. The molecule has 2 atom stereocenters. The second-order valence-electron chi connectivity index (χ2n) is 4.46. The van der Waals surface area contributed by atoms with Crippen molar-refractivity contribution in [3.05, 3.63) is 0 Å². The summed E-state index contributed by atoms with van der Waals surface area (Å²) in [6.45, 7) is 1.06. The second kappa shape index (κ2) is 4.93. The van der Waals surface area contributed by atoms with Gasteiger partial charge in [-0.3, -0.25) is 9.59 Å². The van der Waals surface area contributed by atoms with Gasteiger partial charge < -0.3 is 15.3 Å². The highest BCUT2D eigenvalue weighted by Gasteiger charge is 2.37. The summed E-state index contributed by atoms with van der Waals surface area (Å²) < 4.78 is 0. The van der Waals surface area contributed by atoms with Crippen molar-refractivity contribution in [2.24, 2.45) is 0 Å². The Balaban J connectivity index is 2.01. The molecule has 2 N–H and O–H groups in total. The van der Waals surface area contributed by atoms with Crippen molar-refractivity contribution in [2.75, 3.05) is 19.7 Å². The lowest BCUT2D eigenvalue weighted by atomic mass is 10.1. The summed E-state index contributed by atoms with van der Waals surface area (Å²) >= 11 is 0. The highest BCUT2D eigenvalue weighted by Crippen LogP contribution is 2.21. The molecule has 0 radical (unpaired) electrons. The molecule has 0 aromatic heterocycles. The van der Waals surface area contributed by atoms with Crippen LogP contribution in [0.2, 0.25) is 0 Å². The summed E-state index contributed by atoms with van der Waals surface area (Å²) in [6, 6.07) is -0.507. The molecule has 1 amide bonds. The molecule has 2 fully saturated rings. The van der Waals surface area contributed by atoms with Crippen molar-refractivity contribution in [1.82, 2.24) is 10.2 Å². The van der Waals surface area contributed by atoms with E-state index < -0.39 is 6.61 Å². The lowest BCUT2D eigenvalue weighted by Crippen LogP contribution is -2.48. The molecule has 5 heteroatoms. The van der Waals surface area contributed by atoms with E-state index in [0.717, 1.165) is 25.8 Å². The van der Waals surface area contributed by atoms with Crippen molar-refractivity contribution < 1.29 is 14.7 Å². The van der Waals surface area contributed by atoms with Crippen LogP contribution in [0.1, 0.15) is 25.7 Å². The van der Waals surface area contributed by atoms with Gasteiger partial charge in [0.05, 0.1) is 12.1 Å². The van der Waals surface area contributed by atoms with Gasteiger partial charge in [-0.25, -0.2) is 0 Å². The number of nitrogens with one attached hydrogen (secondary N) is 1. The van der Waals surface area contributed by atoms with Crippen molar-refractivity contribution in [3.8, 4) is 0 Å². The summed E-state index contributed by atoms with van der Waals surface area (Å²) in [5.41, 5.74) is 0. The number of amides is 1. The first-order chi connectivity index (χ1) is 7.74. The molecule has 0 bridgehead atoms. The normalized spacial score (nSPS) is 29.7. The number of hydrogen-bond donors (Lipinski definition) is 2. The molecule has 16 heavy (non-hydrogen) atoms. The number of carbonyl (C=O) groups is 2. The van der Waals surface area contributed by atoms with Gasteiger partial charge in [0.1, 0.15) is 6.61 Å². The van der Waals surface area contributed by atoms with Crippen LogP contribution >= 0.6 is 0 Å². The Hall–Kier alpha value is -0.940. The molecule has 0 saturated carbocycles. The van der Waals surface area contributed by atoms with Gasteiger partial charge in [-0.2, -0.15) is 0 Å². The van der Waals surface area contributed by atoms with Crippen molar-refractivity contribution in [1.29, 1.82) is 0 Å². The molecule has 2 rings (SSSR count). The topological polar surface area (TPSA) is 69.6 Å². The molecule has 0 aromatic rings. The minimum absolute atomic E-state index is 0.0294. The van der Waals surface area contributed by atoms with Crippen molar-refractivity contribution in [3.63, 3.8) is 0 Å². The number of aliphatic hydroxyl groups is 1. The molecule has 0 aliphatic carbocycles. The zero-order chi connectivity index (χ0) is 11.5. The average Bonchev–Trinajstić information content (AvgIpc) is 2.97. The van der Waals surface area contributed by atoms with E-state index in [1.54, 1.807) is 4.90 Å². The number of carbonyl (C=O) groups excluding carboxylic acids is 2. The van der Waals surface area contributed by atoms with Gasteiger partial charge in [0.2, 0.25) is 5.91 Å². The van der Waals surface area contributed by atoms with Crippen LogP contribution in [0.4, 0.5) is 0 Å². The fourth-order valence-corrected chi connectivity index (χ4v) is 2.57. The molecule has 2 aliphatic rings. The monoisotopic (exact) mass is 226 g/mol. The quantitative estimate of drug-likeness (QED) is 0.667. The molecule has 0 spiro atoms. The molecule has 2 heterocycles. The first kappa shape index (κ1) is 11.5. The fourth-order valence-electron chi connectivity index (χ4n) is 2.57. The van der Waals surface area contributed by atoms with E-state index in [9.17, 15) is 9.59 Å². The Labute approximate surface area is 94.8 Å². The third-order valence-electron chi connectivity index (χ3n) is 3.42. The molecule has 90 valence electrons. The average molecular weight is 226 g/mol. The van der Waals surface area contributed by atoms with Gasteiger partial charge in [0.15, 0.2) is 5.78 Å². The molecular formula is C11H18N2O3. The lowest BCUT2D eigenvalue weighted by molar-refractivity contribution is -0.139. The molecule has 2 saturated heterocycles. The first-order valence-corrected chi connectivity index (χ1v) is 5.91. The Morgan fingerprint density at radius 1 is 1.31 bits per heavy atom. The maximum absolute atomic E-state index is 12.1. The predicted molar refractivity (Wildman–Crippen MR) is 57.9 cm³/mol. The number of hydrogen-bond acceptors (Lipinski definition) is 4. The number of likely N-dealkylation sites (tertiary alicyclic amines) is 1. The van der Waals surface area contributed by atoms with Crippen LogP contribution in [0.5, 0.6) is 0 Å². The van der Waals surface area contributed by atoms with Gasteiger partial charge in [0, 0.05) is 6.54 Å². The van der Waals surface area contributed by atoms with Crippen LogP contribution in [-0.4, -0.2) is 53.5 Å². The molecule has 2 aliphatic heterocycles. The Morgan fingerprint density at radius 2 is 2.12 bits per heavy atom. The van der Waals surface area contributed by atoms with E-state index in [1.807, 2.05) is 0 Å². The van der Waals surface area contributed by atoms with Crippen molar-refractivity contribution in [2.45, 2.75) is 37.8 Å². The Kier molecular flexibility index (Phi) is 3.56. The van der Waals surface area contributed by atoms with E-state index in [1.165, 1.54) is 0 Å². The smallest absolute Gasteiger partial charge is 0.240 e. The number of nitrogens with zero attached hydrogens (tertiary/aromatic N) is 1. The predicted octanol–water partition coefficient (Wildman–Crippen LogP) is -0.709. The summed E-state index contributed by atoms with van der Waals surface area (Å²) in [7, 11) is 0. The van der Waals surface area contributed by atoms with Crippen LogP contribution in [-0.2, 0) is 9.59 Å². The lowest BCUT2D eigenvalue weighted by Gasteiger charge is -2.26. The third-order valence-corrected chi connectivity index (χ3v) is 3.42. The number of ketones is 1. The number of aliphatic hydroxyl groups excluding tert-OH is 1. The molecule has 5 nitrogen and oxygen atoms in total. The van der Waals surface area contributed by atoms with Gasteiger partial charge >= 0.3 is 0 Å². The van der Waals surface area contributed by atoms with E-state index in [0.29, 0.717) is 13.0 Å². The maximum Gasteiger partial charge on any atom is 0.240 e. The first-order valence-electron chi connectivity index (χ1n) is 5.91. The fraction of sp³-hybridized carbons (Fsp3) is 0.818. The zero-order valence-corrected chi connectivity index (χ0v) is 9.32. The number of rotatable bonds is 3. The van der Waals surface area contributed by atoms with Gasteiger partial charge in [-0.1, -0.05) is 0 Å². The largest absolute Gasteiger partial charge is 0.389 e. The van der Waals surface area contributed by atoms with Crippen LogP contribution in [0.3, 0.4) is 0 Å². The Morgan fingerprint density at radius 3 is 2.75 bits per heavy atom. The zero-order valence-electron chi connectivity index (χ0n) is 9.32. The van der Waals surface area contributed by atoms with E-state index in [-0.39, 0.29) is 23.8 Å². The summed E-state index contributed by atoms with van der Waals surface area (Å²) in [5, 5.41) is 12.0. The van der Waals surface area contributed by atoms with Gasteiger partial charge in [-0.15, -0.1) is 0 Å². The van der Waals surface area contributed by atoms with Gasteiger partial charge in [0.25, 0.3) is 0 Å².